The van der Waals surface area contributed by atoms with Crippen molar-refractivity contribution in [3.63, 3.8) is 0 Å². The predicted octanol–water partition coefficient (Wildman–Crippen LogP) is 6.06. The van der Waals surface area contributed by atoms with Crippen LogP contribution in [0.2, 0.25) is 5.02 Å². The van der Waals surface area contributed by atoms with Crippen LogP contribution in [0.1, 0.15) is 25.2 Å². The monoisotopic (exact) mass is 415 g/mol. The van der Waals surface area contributed by atoms with Gasteiger partial charge in [-0.1, -0.05) is 11.6 Å². The molecule has 0 aliphatic carbocycles. The summed E-state index contributed by atoms with van der Waals surface area (Å²) in [5, 5.41) is -0.777. The van der Waals surface area contributed by atoms with Crippen LogP contribution in [0.4, 0.5) is 18.0 Å². The quantitative estimate of drug-likeness (QED) is 0.571. The maximum Gasteiger partial charge on any atom is 0.417 e. The maximum absolute atomic E-state index is 13.0. The molecule has 1 aliphatic heterocycles. The predicted molar refractivity (Wildman–Crippen MR) is 97.1 cm³/mol. The molecule has 1 saturated heterocycles. The Bertz CT molecular complexity index is 950. The van der Waals surface area contributed by atoms with Gasteiger partial charge < -0.3 is 4.42 Å². The number of carbonyl (C=O) groups is 2. The average Bonchev–Trinajstić information content (AvgIpc) is 3.12. The summed E-state index contributed by atoms with van der Waals surface area (Å²) in [5.41, 5.74) is -0.765. The van der Waals surface area contributed by atoms with Crippen LogP contribution in [0.15, 0.2) is 39.7 Å². The molecule has 1 aliphatic rings. The Labute approximate surface area is 162 Å². The van der Waals surface area contributed by atoms with Crippen molar-refractivity contribution in [2.24, 2.45) is 0 Å². The van der Waals surface area contributed by atoms with Crippen LogP contribution in [-0.4, -0.2) is 22.1 Å². The molecule has 0 bridgehead atoms. The van der Waals surface area contributed by atoms with Gasteiger partial charge in [0.15, 0.2) is 0 Å². The number of hydrogen-bond donors (Lipinski definition) is 0. The number of halogens is 4. The van der Waals surface area contributed by atoms with Crippen molar-refractivity contribution in [3.8, 4) is 11.3 Å². The van der Waals surface area contributed by atoms with E-state index in [1.165, 1.54) is 24.3 Å². The summed E-state index contributed by atoms with van der Waals surface area (Å²) in [6.07, 6.45) is -3.19. The molecule has 1 fully saturated rings. The Hall–Kier alpha value is -2.19. The minimum atomic E-state index is -4.59. The zero-order valence-corrected chi connectivity index (χ0v) is 15.7. The Kier molecular flexibility index (Phi) is 5.14. The second-order valence-corrected chi connectivity index (χ2v) is 7.44. The molecule has 0 spiro atoms. The smallest absolute Gasteiger partial charge is 0.417 e. The summed E-state index contributed by atoms with van der Waals surface area (Å²) >= 11 is 6.41. The number of hydrogen-bond acceptors (Lipinski definition) is 4. The summed E-state index contributed by atoms with van der Waals surface area (Å²) in [4.78, 5) is 25.5. The molecule has 0 saturated carbocycles. The zero-order chi connectivity index (χ0) is 19.9. The lowest BCUT2D eigenvalue weighted by molar-refractivity contribution is -0.137. The molecule has 9 heteroatoms. The fourth-order valence-corrected chi connectivity index (χ4v) is 3.70. The normalized spacial score (nSPS) is 16.9. The number of alkyl halides is 3. The first-order valence-electron chi connectivity index (χ1n) is 7.82. The Morgan fingerprint density at radius 2 is 1.89 bits per heavy atom. The first-order valence-corrected chi connectivity index (χ1v) is 9.01. The van der Waals surface area contributed by atoms with Crippen LogP contribution in [0.25, 0.3) is 17.4 Å². The van der Waals surface area contributed by atoms with E-state index in [1.54, 1.807) is 13.8 Å². The third kappa shape index (κ3) is 3.91. The number of furan rings is 1. The van der Waals surface area contributed by atoms with Crippen LogP contribution in [-0.2, 0) is 11.0 Å². The molecule has 0 atom stereocenters. The third-order valence-corrected chi connectivity index (χ3v) is 5.01. The summed E-state index contributed by atoms with van der Waals surface area (Å²) in [7, 11) is 0. The number of amides is 2. The van der Waals surface area contributed by atoms with Crippen LogP contribution in [0.3, 0.4) is 0 Å². The van der Waals surface area contributed by atoms with Crippen LogP contribution < -0.4 is 0 Å². The first kappa shape index (κ1) is 19.6. The van der Waals surface area contributed by atoms with Gasteiger partial charge >= 0.3 is 6.18 Å². The summed E-state index contributed by atoms with van der Waals surface area (Å²) < 4.78 is 44.5. The second kappa shape index (κ2) is 7.09. The highest BCUT2D eigenvalue weighted by Gasteiger charge is 2.37. The molecule has 2 amide bonds. The second-order valence-electron chi connectivity index (χ2n) is 6.04. The molecule has 0 unspecified atom stereocenters. The standard InChI is InChI=1S/C18H13ClF3NO3S/c1-9(2)23-16(24)15(27-17(23)25)8-11-4-6-14(26-11)10-3-5-13(19)12(7-10)18(20,21)22/h3-9H,1-2H3/b15-8-. The third-order valence-electron chi connectivity index (χ3n) is 3.80. The number of rotatable bonds is 3. The van der Waals surface area contributed by atoms with Crippen LogP contribution >= 0.6 is 23.4 Å². The largest absolute Gasteiger partial charge is 0.457 e. The lowest BCUT2D eigenvalue weighted by Crippen LogP contribution is -2.34. The molecule has 1 aromatic carbocycles. The fourth-order valence-electron chi connectivity index (χ4n) is 2.54. The van der Waals surface area contributed by atoms with Gasteiger partial charge in [0.1, 0.15) is 11.5 Å². The molecule has 0 N–H and O–H groups in total. The van der Waals surface area contributed by atoms with E-state index in [4.69, 9.17) is 16.0 Å². The van der Waals surface area contributed by atoms with Gasteiger partial charge in [-0.2, -0.15) is 13.2 Å². The van der Waals surface area contributed by atoms with Gasteiger partial charge in [0.05, 0.1) is 15.5 Å². The molecular formula is C18H13ClF3NO3S. The minimum Gasteiger partial charge on any atom is -0.457 e. The van der Waals surface area contributed by atoms with Crippen molar-refractivity contribution >= 4 is 40.6 Å². The van der Waals surface area contributed by atoms with Crippen molar-refractivity contribution in [2.75, 3.05) is 0 Å². The average molecular weight is 416 g/mol. The van der Waals surface area contributed by atoms with Crippen LogP contribution in [0.5, 0.6) is 0 Å². The highest BCUT2D eigenvalue weighted by atomic mass is 35.5. The molecule has 2 heterocycles. The topological polar surface area (TPSA) is 50.5 Å². The van der Waals surface area contributed by atoms with Crippen LogP contribution in [0, 0.1) is 0 Å². The van der Waals surface area contributed by atoms with Crippen molar-refractivity contribution in [2.45, 2.75) is 26.1 Å². The molecule has 1 aromatic heterocycles. The van der Waals surface area contributed by atoms with E-state index in [-0.39, 0.29) is 33.3 Å². The van der Waals surface area contributed by atoms with Crippen molar-refractivity contribution in [1.82, 2.24) is 4.90 Å². The number of thioether (sulfide) groups is 1. The number of nitrogens with zero attached hydrogens (tertiary/aromatic N) is 1. The molecule has 4 nitrogen and oxygen atoms in total. The van der Waals surface area contributed by atoms with Gasteiger partial charge in [-0.15, -0.1) is 0 Å². The molecule has 0 radical (unpaired) electrons. The number of benzene rings is 1. The van der Waals surface area contributed by atoms with E-state index in [2.05, 4.69) is 0 Å². The van der Waals surface area contributed by atoms with Gasteiger partial charge in [-0.3, -0.25) is 14.5 Å². The van der Waals surface area contributed by atoms with Crippen molar-refractivity contribution in [1.29, 1.82) is 0 Å². The van der Waals surface area contributed by atoms with E-state index in [1.807, 2.05) is 0 Å². The van der Waals surface area contributed by atoms with Gasteiger partial charge in [0, 0.05) is 17.7 Å². The molecule has 2 aromatic rings. The Morgan fingerprint density at radius 3 is 2.48 bits per heavy atom. The van der Waals surface area contributed by atoms with E-state index >= 15 is 0 Å². The van der Waals surface area contributed by atoms with Gasteiger partial charge in [-0.05, 0) is 55.9 Å². The maximum atomic E-state index is 13.0. The minimum absolute atomic E-state index is 0.187. The number of imide groups is 1. The van der Waals surface area contributed by atoms with Gasteiger partial charge in [-0.25, -0.2) is 0 Å². The first-order chi connectivity index (χ1) is 12.6. The van der Waals surface area contributed by atoms with Gasteiger partial charge in [0.2, 0.25) is 0 Å². The summed E-state index contributed by atoms with van der Waals surface area (Å²) in [6, 6.07) is 6.19. The lowest BCUT2D eigenvalue weighted by Gasteiger charge is -2.16. The molecule has 27 heavy (non-hydrogen) atoms. The fraction of sp³-hybridized carbons (Fsp3) is 0.222. The Morgan fingerprint density at radius 1 is 1.19 bits per heavy atom. The van der Waals surface area contributed by atoms with E-state index in [9.17, 15) is 22.8 Å². The lowest BCUT2D eigenvalue weighted by atomic mass is 10.1. The molecule has 142 valence electrons. The highest BCUT2D eigenvalue weighted by Crippen LogP contribution is 2.38. The zero-order valence-electron chi connectivity index (χ0n) is 14.1. The van der Waals surface area contributed by atoms with Crippen molar-refractivity contribution in [3.05, 3.63) is 51.6 Å². The molecular weight excluding hydrogens is 403 g/mol. The SMILES string of the molecule is CC(C)N1C(=O)S/C(=C\c2ccc(-c3ccc(Cl)c(C(F)(F)F)c3)o2)C1=O. The highest BCUT2D eigenvalue weighted by molar-refractivity contribution is 8.18. The van der Waals surface area contributed by atoms with E-state index in [0.29, 0.717) is 0 Å². The van der Waals surface area contributed by atoms with Gasteiger partial charge in [0.25, 0.3) is 11.1 Å². The van der Waals surface area contributed by atoms with E-state index < -0.39 is 22.7 Å². The van der Waals surface area contributed by atoms with E-state index in [0.717, 1.165) is 28.8 Å². The summed E-state index contributed by atoms with van der Waals surface area (Å²) in [6.45, 7) is 3.45. The number of carbonyl (C=O) groups excluding carboxylic acids is 2. The summed E-state index contributed by atoms with van der Waals surface area (Å²) in [5.74, 6) is 0.0121. The molecule has 3 rings (SSSR count). The van der Waals surface area contributed by atoms with Crippen molar-refractivity contribution < 1.29 is 27.2 Å². The Balaban J connectivity index is 1.90.